The Hall–Kier alpha value is -2.81. The smallest absolute Gasteiger partial charge is 0.335 e. The van der Waals surface area contributed by atoms with Crippen molar-refractivity contribution in [3.63, 3.8) is 0 Å². The molecule has 3 rings (SSSR count). The number of hydrogen-bond acceptors (Lipinski definition) is 2. The largest absolute Gasteiger partial charge is 0.478 e. The van der Waals surface area contributed by atoms with Crippen molar-refractivity contribution in [2.45, 2.75) is 46.5 Å². The first-order chi connectivity index (χ1) is 13.5. The van der Waals surface area contributed by atoms with Gasteiger partial charge in [0, 0.05) is 17.9 Å². The Morgan fingerprint density at radius 2 is 1.76 bits per heavy atom. The van der Waals surface area contributed by atoms with Crippen LogP contribution in [0.5, 0.6) is 0 Å². The van der Waals surface area contributed by atoms with Gasteiger partial charge < -0.3 is 10.0 Å². The molecule has 1 aliphatic rings. The average molecular weight is 390 g/mol. The number of hydrogen-bond donors (Lipinski definition) is 1. The van der Waals surface area contributed by atoms with Crippen LogP contribution in [0.2, 0.25) is 0 Å². The summed E-state index contributed by atoms with van der Waals surface area (Å²) >= 11 is 0. The first kappa shape index (κ1) is 20.9. The van der Waals surface area contributed by atoms with Gasteiger partial charge in [0.2, 0.25) is 0 Å². The van der Waals surface area contributed by atoms with Crippen LogP contribution >= 0.6 is 0 Å². The number of anilines is 2. The third-order valence-corrected chi connectivity index (χ3v) is 5.70. The Morgan fingerprint density at radius 3 is 2.31 bits per heavy atom. The van der Waals surface area contributed by atoms with Crippen molar-refractivity contribution >= 4 is 22.9 Å². The van der Waals surface area contributed by atoms with Gasteiger partial charge in [0.15, 0.2) is 0 Å². The molecule has 0 heterocycles. The van der Waals surface area contributed by atoms with Crippen LogP contribution in [0.1, 0.15) is 62.5 Å². The molecule has 0 amide bonds. The highest BCUT2D eigenvalue weighted by atomic mass is 16.4. The number of aromatic carboxylic acids is 1. The third-order valence-electron chi connectivity index (χ3n) is 5.70. The highest BCUT2D eigenvalue weighted by Crippen LogP contribution is 2.46. The number of carbonyl (C=O) groups is 1. The number of carboxylic acids is 1. The Balaban J connectivity index is 2.11. The lowest BCUT2D eigenvalue weighted by atomic mass is 9.68. The quantitative estimate of drug-likeness (QED) is 0.570. The molecule has 0 aromatic heterocycles. The van der Waals surface area contributed by atoms with Crippen LogP contribution in [0.4, 0.5) is 11.4 Å². The summed E-state index contributed by atoms with van der Waals surface area (Å²) in [7, 11) is 0. The fourth-order valence-corrected chi connectivity index (χ4v) is 4.07. The SMILES string of the molecule is C=CCN(c1ccc(C(=O)O)cc1)c1ccc2c(c1)C(C(C)(C)C)=CCC2(C)C. The van der Waals surface area contributed by atoms with Crippen LogP contribution in [0.3, 0.4) is 0 Å². The zero-order valence-corrected chi connectivity index (χ0v) is 18.1. The maximum Gasteiger partial charge on any atom is 0.335 e. The van der Waals surface area contributed by atoms with Crippen molar-refractivity contribution in [2.75, 3.05) is 11.4 Å². The Bertz CT molecular complexity index is 959. The van der Waals surface area contributed by atoms with E-state index in [1.165, 1.54) is 16.7 Å². The summed E-state index contributed by atoms with van der Waals surface area (Å²) < 4.78 is 0. The van der Waals surface area contributed by atoms with Gasteiger partial charge in [-0.2, -0.15) is 0 Å². The van der Waals surface area contributed by atoms with Crippen molar-refractivity contribution in [3.8, 4) is 0 Å². The summed E-state index contributed by atoms with van der Waals surface area (Å²) in [6, 6.07) is 13.7. The molecule has 0 unspecified atom stereocenters. The highest BCUT2D eigenvalue weighted by Gasteiger charge is 2.32. The Labute approximate surface area is 174 Å². The molecular weight excluding hydrogens is 358 g/mol. The first-order valence-electron chi connectivity index (χ1n) is 10.1. The number of rotatable bonds is 5. The maximum absolute atomic E-state index is 11.2. The molecule has 0 saturated heterocycles. The normalized spacial score (nSPS) is 15.3. The first-order valence-corrected chi connectivity index (χ1v) is 10.1. The van der Waals surface area contributed by atoms with E-state index in [0.717, 1.165) is 17.8 Å². The van der Waals surface area contributed by atoms with E-state index >= 15 is 0 Å². The van der Waals surface area contributed by atoms with Crippen molar-refractivity contribution in [3.05, 3.63) is 77.9 Å². The molecule has 0 spiro atoms. The molecule has 29 heavy (non-hydrogen) atoms. The minimum atomic E-state index is -0.914. The van der Waals surface area contributed by atoms with Crippen molar-refractivity contribution in [1.82, 2.24) is 0 Å². The zero-order valence-electron chi connectivity index (χ0n) is 18.1. The van der Waals surface area contributed by atoms with Gasteiger partial charge in [0.05, 0.1) is 5.56 Å². The predicted octanol–water partition coefficient (Wildman–Crippen LogP) is 6.82. The van der Waals surface area contributed by atoms with Crippen LogP contribution < -0.4 is 4.90 Å². The summed E-state index contributed by atoms with van der Waals surface area (Å²) in [4.78, 5) is 13.4. The topological polar surface area (TPSA) is 40.5 Å². The van der Waals surface area contributed by atoms with Gasteiger partial charge in [-0.25, -0.2) is 4.79 Å². The molecule has 1 aliphatic carbocycles. The summed E-state index contributed by atoms with van der Waals surface area (Å²) in [5, 5.41) is 9.19. The summed E-state index contributed by atoms with van der Waals surface area (Å²) in [5.41, 5.74) is 6.57. The second-order valence-corrected chi connectivity index (χ2v) is 9.44. The van der Waals surface area contributed by atoms with Crippen molar-refractivity contribution < 1.29 is 9.90 Å². The Kier molecular flexibility index (Phi) is 5.44. The van der Waals surface area contributed by atoms with Gasteiger partial charge in [-0.1, -0.05) is 52.8 Å². The van der Waals surface area contributed by atoms with E-state index in [1.807, 2.05) is 18.2 Å². The van der Waals surface area contributed by atoms with Crippen LogP contribution in [0, 0.1) is 5.41 Å². The zero-order chi connectivity index (χ0) is 21.4. The van der Waals surface area contributed by atoms with Gasteiger partial charge in [-0.3, -0.25) is 0 Å². The molecule has 1 N–H and O–H groups in total. The van der Waals surface area contributed by atoms with Gasteiger partial charge >= 0.3 is 5.97 Å². The van der Waals surface area contributed by atoms with E-state index in [0.29, 0.717) is 6.54 Å². The second-order valence-electron chi connectivity index (χ2n) is 9.44. The van der Waals surface area contributed by atoms with Gasteiger partial charge in [0.1, 0.15) is 0 Å². The van der Waals surface area contributed by atoms with Gasteiger partial charge in [-0.15, -0.1) is 6.58 Å². The summed E-state index contributed by atoms with van der Waals surface area (Å²) in [6.07, 6.45) is 5.31. The molecule has 2 aromatic rings. The molecule has 3 heteroatoms. The molecule has 0 radical (unpaired) electrons. The number of allylic oxidation sites excluding steroid dienone is 2. The lowest BCUT2D eigenvalue weighted by Crippen LogP contribution is -2.26. The van der Waals surface area contributed by atoms with Crippen molar-refractivity contribution in [1.29, 1.82) is 0 Å². The molecule has 0 fully saturated rings. The summed E-state index contributed by atoms with van der Waals surface area (Å²) in [6.45, 7) is 15.9. The monoisotopic (exact) mass is 389 g/mol. The minimum absolute atomic E-state index is 0.0658. The van der Waals surface area contributed by atoms with Crippen LogP contribution in [-0.4, -0.2) is 17.6 Å². The van der Waals surface area contributed by atoms with Crippen molar-refractivity contribution in [2.24, 2.45) is 5.41 Å². The standard InChI is InChI=1S/C26H31NO2/c1-7-16-27(19-10-8-18(9-11-19)24(28)29)20-12-13-23-21(17-20)22(25(2,3)4)14-15-26(23,5)6/h7-14,17H,1,15-16H2,2-6H3,(H,28,29). The van der Waals surface area contributed by atoms with Gasteiger partial charge in [0.25, 0.3) is 0 Å². The fraction of sp³-hybridized carbons (Fsp3) is 0.346. The number of fused-ring (bicyclic) bond motifs is 1. The van der Waals surface area contributed by atoms with E-state index in [4.69, 9.17) is 0 Å². The minimum Gasteiger partial charge on any atom is -0.478 e. The predicted molar refractivity (Wildman–Crippen MR) is 122 cm³/mol. The van der Waals surface area contributed by atoms with E-state index in [2.05, 4.69) is 70.4 Å². The van der Waals surface area contributed by atoms with Crippen LogP contribution in [-0.2, 0) is 5.41 Å². The maximum atomic E-state index is 11.2. The molecule has 3 nitrogen and oxygen atoms in total. The molecule has 0 saturated carbocycles. The number of benzene rings is 2. The highest BCUT2D eigenvalue weighted by molar-refractivity contribution is 5.88. The summed E-state index contributed by atoms with van der Waals surface area (Å²) in [5.74, 6) is -0.914. The lowest BCUT2D eigenvalue weighted by Gasteiger charge is -2.37. The number of nitrogens with zero attached hydrogens (tertiary/aromatic N) is 1. The Morgan fingerprint density at radius 1 is 1.14 bits per heavy atom. The fourth-order valence-electron chi connectivity index (χ4n) is 4.07. The molecule has 0 bridgehead atoms. The van der Waals surface area contributed by atoms with E-state index < -0.39 is 5.97 Å². The molecule has 2 aromatic carbocycles. The van der Waals surface area contributed by atoms with Gasteiger partial charge in [-0.05, 0) is 70.3 Å². The van der Waals surface area contributed by atoms with E-state index in [9.17, 15) is 9.90 Å². The lowest BCUT2D eigenvalue weighted by molar-refractivity contribution is 0.0697. The van der Waals surface area contributed by atoms with E-state index in [-0.39, 0.29) is 16.4 Å². The third kappa shape index (κ3) is 4.14. The second kappa shape index (κ2) is 7.55. The number of carboxylic acid groups (broad SMARTS) is 1. The van der Waals surface area contributed by atoms with Crippen LogP contribution in [0.15, 0.2) is 61.2 Å². The molecular formula is C26H31NO2. The average Bonchev–Trinajstić information content (AvgIpc) is 2.64. The van der Waals surface area contributed by atoms with E-state index in [1.54, 1.807) is 12.1 Å². The molecule has 152 valence electrons. The van der Waals surface area contributed by atoms with Crippen LogP contribution in [0.25, 0.3) is 5.57 Å². The molecule has 0 atom stereocenters. The molecule has 0 aliphatic heterocycles.